The number of aromatic nitrogens is 2. The summed E-state index contributed by atoms with van der Waals surface area (Å²) in [6.45, 7) is 1.99. The topological polar surface area (TPSA) is 46.9 Å². The molecule has 0 unspecified atom stereocenters. The van der Waals surface area contributed by atoms with Gasteiger partial charge in [0.1, 0.15) is 5.82 Å². The molecule has 1 N–H and O–H groups in total. The summed E-state index contributed by atoms with van der Waals surface area (Å²) in [6.07, 6.45) is 0.468. The number of carbonyl (C=O) groups is 1. The minimum atomic E-state index is 0.0421. The fourth-order valence-electron chi connectivity index (χ4n) is 2.72. The Morgan fingerprint density at radius 3 is 3.00 bits per heavy atom. The van der Waals surface area contributed by atoms with Gasteiger partial charge in [0.25, 0.3) is 0 Å². The van der Waals surface area contributed by atoms with Crippen LogP contribution in [0.25, 0.3) is 0 Å². The predicted octanol–water partition coefficient (Wildman–Crippen LogP) is 2.97. The van der Waals surface area contributed by atoms with Gasteiger partial charge in [-0.2, -0.15) is 5.10 Å². The number of rotatable bonds is 1. The van der Waals surface area contributed by atoms with Gasteiger partial charge in [0.05, 0.1) is 5.69 Å². The number of amides is 1. The molecule has 0 fully saturated rings. The van der Waals surface area contributed by atoms with Crippen molar-refractivity contribution in [2.75, 3.05) is 5.32 Å². The van der Waals surface area contributed by atoms with E-state index in [1.807, 2.05) is 26.1 Å². The van der Waals surface area contributed by atoms with Crippen LogP contribution in [0.15, 0.2) is 28.7 Å². The molecule has 2 aromatic rings. The number of hydrogen-bond acceptors (Lipinski definition) is 2. The molecule has 19 heavy (non-hydrogen) atoms. The molecule has 1 aliphatic heterocycles. The Morgan fingerprint density at radius 2 is 2.26 bits per heavy atom. The highest BCUT2D eigenvalue weighted by Crippen LogP contribution is 2.39. The summed E-state index contributed by atoms with van der Waals surface area (Å²) in [4.78, 5) is 11.9. The van der Waals surface area contributed by atoms with Gasteiger partial charge in [0, 0.05) is 29.4 Å². The first-order valence-corrected chi connectivity index (χ1v) is 6.94. The van der Waals surface area contributed by atoms with E-state index in [0.717, 1.165) is 27.1 Å². The van der Waals surface area contributed by atoms with Crippen LogP contribution in [0.4, 0.5) is 5.82 Å². The van der Waals surface area contributed by atoms with Crippen LogP contribution in [-0.4, -0.2) is 15.7 Å². The Kier molecular flexibility index (Phi) is 2.93. The van der Waals surface area contributed by atoms with Gasteiger partial charge in [0.2, 0.25) is 5.91 Å². The second-order valence-electron chi connectivity index (χ2n) is 4.83. The van der Waals surface area contributed by atoms with Crippen molar-refractivity contribution in [3.8, 4) is 0 Å². The number of hydrogen-bond donors (Lipinski definition) is 1. The molecule has 1 atom stereocenters. The number of halogens is 1. The van der Waals surface area contributed by atoms with E-state index in [0.29, 0.717) is 6.42 Å². The summed E-state index contributed by atoms with van der Waals surface area (Å²) in [7, 11) is 1.86. The van der Waals surface area contributed by atoms with E-state index in [2.05, 4.69) is 38.5 Å². The maximum Gasteiger partial charge on any atom is 0.226 e. The van der Waals surface area contributed by atoms with Crippen LogP contribution in [0.2, 0.25) is 0 Å². The third kappa shape index (κ3) is 2.08. The Labute approximate surface area is 119 Å². The maximum atomic E-state index is 11.9. The lowest BCUT2D eigenvalue weighted by Crippen LogP contribution is -2.24. The van der Waals surface area contributed by atoms with Crippen molar-refractivity contribution in [3.63, 3.8) is 0 Å². The molecular weight excluding hydrogens is 306 g/mol. The number of nitrogens with one attached hydrogen (secondary N) is 1. The zero-order valence-corrected chi connectivity index (χ0v) is 12.4. The third-order valence-electron chi connectivity index (χ3n) is 3.52. The molecule has 2 heterocycles. The smallest absolute Gasteiger partial charge is 0.226 e. The number of aryl methyl sites for hydroxylation is 2. The van der Waals surface area contributed by atoms with E-state index in [1.165, 1.54) is 0 Å². The molecule has 1 aromatic heterocycles. The molecule has 5 heteroatoms. The fourth-order valence-corrected chi connectivity index (χ4v) is 3.14. The van der Waals surface area contributed by atoms with E-state index in [-0.39, 0.29) is 11.8 Å². The molecule has 0 bridgehead atoms. The molecular formula is C14H14BrN3O. The van der Waals surface area contributed by atoms with Gasteiger partial charge in [-0.1, -0.05) is 28.1 Å². The maximum absolute atomic E-state index is 11.9. The third-order valence-corrected chi connectivity index (χ3v) is 4.01. The van der Waals surface area contributed by atoms with E-state index < -0.39 is 0 Å². The van der Waals surface area contributed by atoms with Crippen molar-refractivity contribution >= 4 is 27.7 Å². The Morgan fingerprint density at radius 1 is 1.47 bits per heavy atom. The van der Waals surface area contributed by atoms with Crippen LogP contribution in [0.1, 0.15) is 29.2 Å². The molecule has 1 amide bonds. The van der Waals surface area contributed by atoms with Gasteiger partial charge in [-0.05, 0) is 24.6 Å². The molecule has 1 aromatic carbocycles. The van der Waals surface area contributed by atoms with E-state index in [1.54, 1.807) is 4.68 Å². The van der Waals surface area contributed by atoms with Gasteiger partial charge in [-0.3, -0.25) is 9.48 Å². The van der Waals surface area contributed by atoms with Crippen LogP contribution >= 0.6 is 15.9 Å². The SMILES string of the molecule is Cc1nn(C)c2c1[C@H](c1cccc(Br)c1)CC(=O)N2. The van der Waals surface area contributed by atoms with E-state index in [4.69, 9.17) is 0 Å². The molecule has 0 aliphatic carbocycles. The average Bonchev–Trinajstić information content (AvgIpc) is 2.64. The summed E-state index contributed by atoms with van der Waals surface area (Å²) in [5.74, 6) is 0.939. The van der Waals surface area contributed by atoms with Crippen LogP contribution in [-0.2, 0) is 11.8 Å². The minimum absolute atomic E-state index is 0.0421. The van der Waals surface area contributed by atoms with Gasteiger partial charge >= 0.3 is 0 Å². The van der Waals surface area contributed by atoms with Gasteiger partial charge in [-0.25, -0.2) is 0 Å². The fraction of sp³-hybridized carbons (Fsp3) is 0.286. The Hall–Kier alpha value is -1.62. The number of nitrogens with zero attached hydrogens (tertiary/aromatic N) is 2. The highest BCUT2D eigenvalue weighted by atomic mass is 79.9. The average molecular weight is 320 g/mol. The molecule has 1 aliphatic rings. The summed E-state index contributed by atoms with van der Waals surface area (Å²) in [5, 5.41) is 7.33. The standard InChI is InChI=1S/C14H14BrN3O/c1-8-13-11(9-4-3-5-10(15)6-9)7-12(19)16-14(13)18(2)17-8/h3-6,11H,7H2,1-2H3,(H,16,19)/t11-/m0/s1. The van der Waals surface area contributed by atoms with Crippen molar-refractivity contribution < 1.29 is 4.79 Å². The molecule has 0 spiro atoms. The quantitative estimate of drug-likeness (QED) is 0.878. The zero-order chi connectivity index (χ0) is 13.6. The molecule has 0 saturated carbocycles. The molecule has 3 rings (SSSR count). The van der Waals surface area contributed by atoms with Crippen molar-refractivity contribution in [1.29, 1.82) is 0 Å². The number of anilines is 1. The second-order valence-corrected chi connectivity index (χ2v) is 5.75. The van der Waals surface area contributed by atoms with Crippen molar-refractivity contribution in [2.45, 2.75) is 19.3 Å². The summed E-state index contributed by atoms with van der Waals surface area (Å²) >= 11 is 3.49. The number of fused-ring (bicyclic) bond motifs is 1. The van der Waals surface area contributed by atoms with Gasteiger partial charge < -0.3 is 5.32 Å². The summed E-state index contributed by atoms with van der Waals surface area (Å²) < 4.78 is 2.77. The predicted molar refractivity (Wildman–Crippen MR) is 77.2 cm³/mol. The highest BCUT2D eigenvalue weighted by Gasteiger charge is 2.31. The van der Waals surface area contributed by atoms with Gasteiger partial charge in [-0.15, -0.1) is 0 Å². The number of benzene rings is 1. The lowest BCUT2D eigenvalue weighted by Gasteiger charge is -2.24. The van der Waals surface area contributed by atoms with Crippen molar-refractivity contribution in [1.82, 2.24) is 9.78 Å². The monoisotopic (exact) mass is 319 g/mol. The lowest BCUT2D eigenvalue weighted by atomic mass is 9.86. The molecule has 98 valence electrons. The normalized spacial score (nSPS) is 18.1. The number of carbonyl (C=O) groups excluding carboxylic acids is 1. The van der Waals surface area contributed by atoms with Crippen LogP contribution in [0.5, 0.6) is 0 Å². The first-order chi connectivity index (χ1) is 9.06. The zero-order valence-electron chi connectivity index (χ0n) is 10.8. The molecule has 0 radical (unpaired) electrons. The van der Waals surface area contributed by atoms with Crippen LogP contribution in [0.3, 0.4) is 0 Å². The Balaban J connectivity index is 2.16. The van der Waals surface area contributed by atoms with E-state index in [9.17, 15) is 4.79 Å². The minimum Gasteiger partial charge on any atom is -0.311 e. The highest BCUT2D eigenvalue weighted by molar-refractivity contribution is 9.10. The van der Waals surface area contributed by atoms with Crippen LogP contribution < -0.4 is 5.32 Å². The first kappa shape index (κ1) is 12.4. The second kappa shape index (κ2) is 4.49. The van der Waals surface area contributed by atoms with Gasteiger partial charge in [0.15, 0.2) is 0 Å². The molecule has 4 nitrogen and oxygen atoms in total. The lowest BCUT2D eigenvalue weighted by molar-refractivity contribution is -0.116. The van der Waals surface area contributed by atoms with Crippen molar-refractivity contribution in [3.05, 3.63) is 45.6 Å². The van der Waals surface area contributed by atoms with Crippen molar-refractivity contribution in [2.24, 2.45) is 7.05 Å². The Bertz CT molecular complexity index is 663. The van der Waals surface area contributed by atoms with Crippen LogP contribution in [0, 0.1) is 6.92 Å². The largest absolute Gasteiger partial charge is 0.311 e. The summed E-state index contributed by atoms with van der Waals surface area (Å²) in [6, 6.07) is 8.12. The van der Waals surface area contributed by atoms with E-state index >= 15 is 0 Å². The summed E-state index contributed by atoms with van der Waals surface area (Å²) in [5.41, 5.74) is 3.24. The molecule has 0 saturated heterocycles. The first-order valence-electron chi connectivity index (χ1n) is 6.15.